The molecule has 0 aliphatic carbocycles. The lowest BCUT2D eigenvalue weighted by atomic mass is 10.1. The summed E-state index contributed by atoms with van der Waals surface area (Å²) in [5, 5.41) is 7.31. The Bertz CT molecular complexity index is 654. The number of carbonyl (C=O) groups excluding carboxylic acids is 1. The maximum Gasteiger partial charge on any atom is 0.255 e. The van der Waals surface area contributed by atoms with Gasteiger partial charge in [0.05, 0.1) is 17.0 Å². The smallest absolute Gasteiger partial charge is 0.255 e. The lowest BCUT2D eigenvalue weighted by molar-refractivity contribution is 0.0786. The van der Waals surface area contributed by atoms with Gasteiger partial charge in [-0.15, -0.1) is 0 Å². The van der Waals surface area contributed by atoms with E-state index in [2.05, 4.69) is 21.7 Å². The van der Waals surface area contributed by atoms with Gasteiger partial charge in [0.2, 0.25) is 0 Å². The van der Waals surface area contributed by atoms with Crippen LogP contribution in [0.4, 0.5) is 0 Å². The molecule has 1 amide bonds. The third kappa shape index (κ3) is 3.05. The van der Waals surface area contributed by atoms with Crippen LogP contribution in [0.3, 0.4) is 0 Å². The van der Waals surface area contributed by atoms with Crippen LogP contribution in [0.2, 0.25) is 0 Å². The molecule has 1 N–H and O–H groups in total. The first kappa shape index (κ1) is 15.2. The van der Waals surface area contributed by atoms with E-state index in [1.807, 2.05) is 36.4 Å². The van der Waals surface area contributed by atoms with Gasteiger partial charge < -0.3 is 10.2 Å². The Morgan fingerprint density at radius 2 is 2.32 bits per heavy atom. The van der Waals surface area contributed by atoms with E-state index in [-0.39, 0.29) is 5.91 Å². The van der Waals surface area contributed by atoms with E-state index in [1.165, 1.54) is 0 Å². The molecule has 5 heteroatoms. The summed E-state index contributed by atoms with van der Waals surface area (Å²) in [6.07, 6.45) is 1.08. The third-order valence-corrected chi connectivity index (χ3v) is 4.88. The quantitative estimate of drug-likeness (QED) is 0.943. The normalized spacial score (nSPS) is 17.9. The zero-order chi connectivity index (χ0) is 15.5. The molecule has 116 valence electrons. The lowest BCUT2D eigenvalue weighted by Gasteiger charge is -2.18. The lowest BCUT2D eigenvalue weighted by Crippen LogP contribution is -2.31. The summed E-state index contributed by atoms with van der Waals surface area (Å²) in [4.78, 5) is 19.2. The molecular formula is C17H21N3OS. The second kappa shape index (κ2) is 6.58. The number of nitrogens with one attached hydrogen (secondary N) is 1. The molecule has 2 aromatic rings. The zero-order valence-electron chi connectivity index (χ0n) is 13.0. The van der Waals surface area contributed by atoms with Crippen molar-refractivity contribution in [2.45, 2.75) is 13.3 Å². The van der Waals surface area contributed by atoms with Crippen LogP contribution in [-0.4, -0.2) is 42.5 Å². The minimum Gasteiger partial charge on any atom is -0.338 e. The number of amides is 1. The summed E-state index contributed by atoms with van der Waals surface area (Å²) in [6, 6.07) is 5.92. The summed E-state index contributed by atoms with van der Waals surface area (Å²) >= 11 is 1.65. The summed E-state index contributed by atoms with van der Waals surface area (Å²) in [5.74, 6) is 0.674. The Morgan fingerprint density at radius 1 is 1.45 bits per heavy atom. The van der Waals surface area contributed by atoms with Crippen LogP contribution in [-0.2, 0) is 0 Å². The Labute approximate surface area is 135 Å². The van der Waals surface area contributed by atoms with Gasteiger partial charge in [-0.2, -0.15) is 11.3 Å². The van der Waals surface area contributed by atoms with Crippen molar-refractivity contribution in [2.75, 3.05) is 26.7 Å². The SMILES string of the molecule is CNCC1CCN(C(=O)c2ccc(-c3ccsc3)nc2C)C1. The summed E-state index contributed by atoms with van der Waals surface area (Å²) in [5.41, 5.74) is 3.59. The molecule has 3 heterocycles. The molecule has 1 atom stereocenters. The van der Waals surface area contributed by atoms with Crippen LogP contribution >= 0.6 is 11.3 Å². The topological polar surface area (TPSA) is 45.2 Å². The molecule has 2 aromatic heterocycles. The van der Waals surface area contributed by atoms with Gasteiger partial charge >= 0.3 is 0 Å². The predicted molar refractivity (Wildman–Crippen MR) is 90.2 cm³/mol. The summed E-state index contributed by atoms with van der Waals surface area (Å²) < 4.78 is 0. The van der Waals surface area contributed by atoms with Gasteiger partial charge in [-0.1, -0.05) is 0 Å². The standard InChI is InChI=1S/C17H21N3OS/c1-12-15(3-4-16(19-12)14-6-8-22-11-14)17(21)20-7-5-13(10-20)9-18-2/h3-4,6,8,11,13,18H,5,7,9-10H2,1-2H3. The Kier molecular flexibility index (Phi) is 4.55. The molecule has 0 aromatic carbocycles. The summed E-state index contributed by atoms with van der Waals surface area (Å²) in [7, 11) is 1.96. The van der Waals surface area contributed by atoms with Crippen LogP contribution in [0.15, 0.2) is 29.0 Å². The van der Waals surface area contributed by atoms with E-state index < -0.39 is 0 Å². The molecule has 1 aliphatic rings. The van der Waals surface area contributed by atoms with E-state index in [9.17, 15) is 4.79 Å². The van der Waals surface area contributed by atoms with Gasteiger partial charge in [0.25, 0.3) is 5.91 Å². The molecule has 1 fully saturated rings. The number of hydrogen-bond donors (Lipinski definition) is 1. The largest absolute Gasteiger partial charge is 0.338 e. The number of nitrogens with zero attached hydrogens (tertiary/aromatic N) is 2. The molecule has 1 aliphatic heterocycles. The third-order valence-electron chi connectivity index (χ3n) is 4.20. The highest BCUT2D eigenvalue weighted by Gasteiger charge is 2.27. The highest BCUT2D eigenvalue weighted by atomic mass is 32.1. The fourth-order valence-electron chi connectivity index (χ4n) is 3.00. The van der Waals surface area contributed by atoms with Gasteiger partial charge in [0.15, 0.2) is 0 Å². The minimum atomic E-state index is 0.112. The van der Waals surface area contributed by atoms with Crippen molar-refractivity contribution < 1.29 is 4.79 Å². The fraction of sp³-hybridized carbons (Fsp3) is 0.412. The van der Waals surface area contributed by atoms with Crippen LogP contribution in [0.5, 0.6) is 0 Å². The number of likely N-dealkylation sites (tertiary alicyclic amines) is 1. The molecule has 4 nitrogen and oxygen atoms in total. The molecule has 22 heavy (non-hydrogen) atoms. The molecular weight excluding hydrogens is 294 g/mol. The van der Waals surface area contributed by atoms with Crippen molar-refractivity contribution in [2.24, 2.45) is 5.92 Å². The molecule has 1 unspecified atom stereocenters. The molecule has 0 spiro atoms. The van der Waals surface area contributed by atoms with Crippen molar-refractivity contribution in [3.63, 3.8) is 0 Å². The number of aromatic nitrogens is 1. The Morgan fingerprint density at radius 3 is 3.00 bits per heavy atom. The maximum atomic E-state index is 12.7. The van der Waals surface area contributed by atoms with Gasteiger partial charge in [0, 0.05) is 24.0 Å². The highest BCUT2D eigenvalue weighted by Crippen LogP contribution is 2.23. The number of aryl methyl sites for hydroxylation is 1. The van der Waals surface area contributed by atoms with Crippen LogP contribution in [0.1, 0.15) is 22.5 Å². The molecule has 1 saturated heterocycles. The number of rotatable bonds is 4. The first-order valence-corrected chi connectivity index (χ1v) is 8.57. The number of pyridine rings is 1. The van der Waals surface area contributed by atoms with Crippen molar-refractivity contribution in [1.29, 1.82) is 0 Å². The average Bonchev–Trinajstić information content (AvgIpc) is 3.18. The average molecular weight is 315 g/mol. The van der Waals surface area contributed by atoms with Crippen LogP contribution in [0, 0.1) is 12.8 Å². The van der Waals surface area contributed by atoms with Crippen molar-refractivity contribution >= 4 is 17.2 Å². The highest BCUT2D eigenvalue weighted by molar-refractivity contribution is 7.08. The van der Waals surface area contributed by atoms with Gasteiger partial charge in [-0.05, 0) is 56.4 Å². The van der Waals surface area contributed by atoms with E-state index in [1.54, 1.807) is 11.3 Å². The Balaban J connectivity index is 1.76. The number of hydrogen-bond acceptors (Lipinski definition) is 4. The Hall–Kier alpha value is -1.72. The van der Waals surface area contributed by atoms with E-state index in [0.717, 1.165) is 48.6 Å². The van der Waals surface area contributed by atoms with Gasteiger partial charge in [0.1, 0.15) is 0 Å². The van der Waals surface area contributed by atoms with Gasteiger partial charge in [-0.25, -0.2) is 0 Å². The first-order chi connectivity index (χ1) is 10.7. The number of carbonyl (C=O) groups is 1. The fourth-order valence-corrected chi connectivity index (χ4v) is 3.65. The zero-order valence-corrected chi connectivity index (χ0v) is 13.8. The monoisotopic (exact) mass is 315 g/mol. The molecule has 0 saturated carbocycles. The van der Waals surface area contributed by atoms with Gasteiger partial charge in [-0.3, -0.25) is 9.78 Å². The second-order valence-electron chi connectivity index (χ2n) is 5.81. The minimum absolute atomic E-state index is 0.112. The number of thiophene rings is 1. The summed E-state index contributed by atoms with van der Waals surface area (Å²) in [6.45, 7) is 4.57. The predicted octanol–water partition coefficient (Wildman–Crippen LogP) is 2.80. The maximum absolute atomic E-state index is 12.7. The van der Waals surface area contributed by atoms with Crippen molar-refractivity contribution in [3.8, 4) is 11.3 Å². The van der Waals surface area contributed by atoms with E-state index >= 15 is 0 Å². The molecule has 3 rings (SSSR count). The van der Waals surface area contributed by atoms with E-state index in [4.69, 9.17) is 0 Å². The van der Waals surface area contributed by atoms with Crippen molar-refractivity contribution in [3.05, 3.63) is 40.2 Å². The molecule has 0 bridgehead atoms. The van der Waals surface area contributed by atoms with Crippen LogP contribution in [0.25, 0.3) is 11.3 Å². The van der Waals surface area contributed by atoms with Crippen molar-refractivity contribution in [1.82, 2.24) is 15.2 Å². The van der Waals surface area contributed by atoms with Crippen LogP contribution < -0.4 is 5.32 Å². The molecule has 0 radical (unpaired) electrons. The first-order valence-electron chi connectivity index (χ1n) is 7.63. The second-order valence-corrected chi connectivity index (χ2v) is 6.59. The van der Waals surface area contributed by atoms with E-state index in [0.29, 0.717) is 5.92 Å².